The van der Waals surface area contributed by atoms with Crippen LogP contribution < -0.4 is 10.2 Å². The van der Waals surface area contributed by atoms with Crippen molar-refractivity contribution in [1.82, 2.24) is 19.6 Å². The first kappa shape index (κ1) is 22.6. The normalized spacial score (nSPS) is 14.5. The fraction of sp³-hybridized carbons (Fsp3) is 0.280. The zero-order valence-corrected chi connectivity index (χ0v) is 20.4. The highest BCUT2D eigenvalue weighted by Crippen LogP contribution is 2.32. The predicted molar refractivity (Wildman–Crippen MR) is 136 cm³/mol. The zero-order chi connectivity index (χ0) is 23.8. The third-order valence-electron chi connectivity index (χ3n) is 6.21. The van der Waals surface area contributed by atoms with E-state index in [9.17, 15) is 4.79 Å². The molecule has 1 saturated heterocycles. The van der Waals surface area contributed by atoms with Gasteiger partial charge in [-0.15, -0.1) is 0 Å². The molecular formula is C25H24Cl2N6O. The lowest BCUT2D eigenvalue weighted by Gasteiger charge is -2.33. The van der Waals surface area contributed by atoms with Gasteiger partial charge in [0.1, 0.15) is 5.82 Å². The summed E-state index contributed by atoms with van der Waals surface area (Å²) in [6.45, 7) is 5.48. The minimum atomic E-state index is -0.0880. The molecule has 1 N–H and O–H groups in total. The molecule has 0 unspecified atom stereocenters. The maximum atomic E-state index is 12.8. The van der Waals surface area contributed by atoms with E-state index < -0.39 is 0 Å². The van der Waals surface area contributed by atoms with Crippen LogP contribution in [0.3, 0.4) is 0 Å². The van der Waals surface area contributed by atoms with E-state index in [2.05, 4.69) is 21.3 Å². The summed E-state index contributed by atoms with van der Waals surface area (Å²) in [5, 5.41) is 8.74. The van der Waals surface area contributed by atoms with Crippen molar-refractivity contribution in [3.05, 3.63) is 70.2 Å². The Labute approximate surface area is 207 Å². The Bertz CT molecular complexity index is 1360. The number of rotatable bonds is 4. The molecule has 34 heavy (non-hydrogen) atoms. The summed E-state index contributed by atoms with van der Waals surface area (Å²) in [7, 11) is 0. The number of aromatic nitrogens is 4. The second kappa shape index (κ2) is 9.24. The van der Waals surface area contributed by atoms with Crippen LogP contribution in [0.25, 0.3) is 16.8 Å². The first-order chi connectivity index (χ1) is 16.4. The van der Waals surface area contributed by atoms with E-state index in [4.69, 9.17) is 33.3 Å². The topological polar surface area (TPSA) is 75.4 Å². The molecule has 1 aliphatic heterocycles. The number of aryl methyl sites for hydroxylation is 2. The third kappa shape index (κ3) is 4.33. The van der Waals surface area contributed by atoms with Crippen molar-refractivity contribution in [2.75, 3.05) is 23.3 Å². The van der Waals surface area contributed by atoms with Gasteiger partial charge in [0, 0.05) is 47.6 Å². The highest BCUT2D eigenvalue weighted by atomic mass is 35.5. The molecule has 1 aromatic carbocycles. The van der Waals surface area contributed by atoms with Crippen LogP contribution in [0.2, 0.25) is 10.2 Å². The van der Waals surface area contributed by atoms with Crippen molar-refractivity contribution in [3.63, 3.8) is 0 Å². The number of hydrogen-bond acceptors (Lipinski definition) is 5. The number of benzene rings is 1. The number of nitrogens with zero attached hydrogens (tertiary/aromatic N) is 5. The number of piperidine rings is 1. The van der Waals surface area contributed by atoms with Crippen LogP contribution >= 0.6 is 23.2 Å². The van der Waals surface area contributed by atoms with Gasteiger partial charge in [-0.3, -0.25) is 4.79 Å². The maximum Gasteiger partial charge on any atom is 0.227 e. The second-order valence-corrected chi connectivity index (χ2v) is 9.35. The lowest BCUT2D eigenvalue weighted by atomic mass is 9.96. The Kier molecular flexibility index (Phi) is 6.15. The fourth-order valence-corrected chi connectivity index (χ4v) is 4.78. The molecule has 9 heteroatoms. The van der Waals surface area contributed by atoms with Crippen molar-refractivity contribution >= 4 is 46.3 Å². The molecule has 1 fully saturated rings. The minimum Gasteiger partial charge on any atom is -0.356 e. The zero-order valence-electron chi connectivity index (χ0n) is 18.9. The Hall–Kier alpha value is -3.16. The van der Waals surface area contributed by atoms with Gasteiger partial charge in [-0.2, -0.15) is 9.61 Å². The summed E-state index contributed by atoms with van der Waals surface area (Å²) < 4.78 is 1.92. The van der Waals surface area contributed by atoms with Crippen molar-refractivity contribution < 1.29 is 4.79 Å². The van der Waals surface area contributed by atoms with E-state index in [0.29, 0.717) is 15.9 Å². The number of halogens is 2. The quantitative estimate of drug-likeness (QED) is 0.375. The number of carbonyl (C=O) groups is 1. The molecule has 0 aliphatic carbocycles. The number of nitrogens with one attached hydrogen (secondary N) is 1. The standard InChI is InChI=1S/C25H24Cl2N6O/c1-15-14-21(33-24(29-15)22(16(2)31-33)17-5-7-19(26)8-6-17)32-12-9-18(10-13-32)25(34)30-20-4-3-11-28-23(20)27/h3-8,11,14,18H,9-10,12-13H2,1-2H3,(H,30,34). The van der Waals surface area contributed by atoms with Gasteiger partial charge in [0.2, 0.25) is 5.91 Å². The van der Waals surface area contributed by atoms with Gasteiger partial charge in [-0.25, -0.2) is 9.97 Å². The van der Waals surface area contributed by atoms with Crippen molar-refractivity contribution in [2.24, 2.45) is 5.92 Å². The Balaban J connectivity index is 1.38. The smallest absolute Gasteiger partial charge is 0.227 e. The fourth-order valence-electron chi connectivity index (χ4n) is 4.49. The van der Waals surface area contributed by atoms with Crippen LogP contribution in [0.5, 0.6) is 0 Å². The van der Waals surface area contributed by atoms with E-state index in [1.807, 2.05) is 42.6 Å². The molecule has 4 heterocycles. The van der Waals surface area contributed by atoms with E-state index in [1.54, 1.807) is 18.3 Å². The highest BCUT2D eigenvalue weighted by molar-refractivity contribution is 6.32. The van der Waals surface area contributed by atoms with E-state index in [0.717, 1.165) is 59.9 Å². The van der Waals surface area contributed by atoms with Gasteiger partial charge in [0.05, 0.1) is 11.4 Å². The summed E-state index contributed by atoms with van der Waals surface area (Å²) in [6.07, 6.45) is 3.07. The van der Waals surface area contributed by atoms with E-state index >= 15 is 0 Å². The van der Waals surface area contributed by atoms with Crippen molar-refractivity contribution in [1.29, 1.82) is 0 Å². The number of hydrogen-bond donors (Lipinski definition) is 1. The number of amides is 1. The number of fused-ring (bicyclic) bond motifs is 1. The first-order valence-corrected chi connectivity index (χ1v) is 12.0. The van der Waals surface area contributed by atoms with Crippen LogP contribution in [0.4, 0.5) is 11.5 Å². The van der Waals surface area contributed by atoms with Gasteiger partial charge in [0.25, 0.3) is 0 Å². The monoisotopic (exact) mass is 494 g/mol. The van der Waals surface area contributed by atoms with Crippen LogP contribution in [-0.2, 0) is 4.79 Å². The summed E-state index contributed by atoms with van der Waals surface area (Å²) in [6, 6.07) is 13.3. The molecule has 174 valence electrons. The average molecular weight is 495 g/mol. The van der Waals surface area contributed by atoms with Gasteiger partial charge >= 0.3 is 0 Å². The van der Waals surface area contributed by atoms with Crippen molar-refractivity contribution in [2.45, 2.75) is 26.7 Å². The van der Waals surface area contributed by atoms with Gasteiger partial charge in [0.15, 0.2) is 10.8 Å². The molecule has 4 aromatic rings. The van der Waals surface area contributed by atoms with E-state index in [1.165, 1.54) is 0 Å². The Morgan fingerprint density at radius 2 is 1.82 bits per heavy atom. The summed E-state index contributed by atoms with van der Waals surface area (Å²) in [5.74, 6) is 0.875. The van der Waals surface area contributed by atoms with E-state index in [-0.39, 0.29) is 11.8 Å². The number of anilines is 2. The van der Waals surface area contributed by atoms with Crippen LogP contribution in [0.1, 0.15) is 24.2 Å². The van der Waals surface area contributed by atoms with Gasteiger partial charge in [-0.05, 0) is 56.5 Å². The lowest BCUT2D eigenvalue weighted by Crippen LogP contribution is -2.39. The molecule has 0 atom stereocenters. The SMILES string of the molecule is Cc1cc(N2CCC(C(=O)Nc3cccnc3Cl)CC2)n2nc(C)c(-c3ccc(Cl)cc3)c2n1. The maximum absolute atomic E-state index is 12.8. The molecule has 5 rings (SSSR count). The summed E-state index contributed by atoms with van der Waals surface area (Å²) in [4.78, 5) is 23.9. The lowest BCUT2D eigenvalue weighted by molar-refractivity contribution is -0.120. The largest absolute Gasteiger partial charge is 0.356 e. The van der Waals surface area contributed by atoms with Gasteiger partial charge < -0.3 is 10.2 Å². The molecular weight excluding hydrogens is 471 g/mol. The molecule has 7 nitrogen and oxygen atoms in total. The molecule has 1 amide bonds. The Morgan fingerprint density at radius 1 is 1.09 bits per heavy atom. The Morgan fingerprint density at radius 3 is 2.53 bits per heavy atom. The average Bonchev–Trinajstić information content (AvgIpc) is 3.16. The molecule has 0 saturated carbocycles. The van der Waals surface area contributed by atoms with Gasteiger partial charge in [-0.1, -0.05) is 35.3 Å². The highest BCUT2D eigenvalue weighted by Gasteiger charge is 2.28. The number of pyridine rings is 1. The van der Waals surface area contributed by atoms with Crippen LogP contribution in [0, 0.1) is 19.8 Å². The van der Waals surface area contributed by atoms with Crippen molar-refractivity contribution in [3.8, 4) is 11.1 Å². The molecule has 0 radical (unpaired) electrons. The molecule has 1 aliphatic rings. The van der Waals surface area contributed by atoms with Crippen LogP contribution in [-0.4, -0.2) is 38.6 Å². The molecule has 3 aromatic heterocycles. The number of carbonyl (C=O) groups excluding carboxylic acids is 1. The second-order valence-electron chi connectivity index (χ2n) is 8.55. The minimum absolute atomic E-state index is 0.0226. The predicted octanol–water partition coefficient (Wildman–Crippen LogP) is 5.57. The van der Waals surface area contributed by atoms with Crippen LogP contribution in [0.15, 0.2) is 48.7 Å². The summed E-state index contributed by atoms with van der Waals surface area (Å²) >= 11 is 12.2. The third-order valence-corrected chi connectivity index (χ3v) is 6.77. The summed E-state index contributed by atoms with van der Waals surface area (Å²) in [5.41, 5.74) is 5.23. The molecule has 0 bridgehead atoms. The first-order valence-electron chi connectivity index (χ1n) is 11.2. The molecule has 0 spiro atoms.